The molecule has 0 aliphatic heterocycles. The molecule has 6 N–H and O–H groups in total. The van der Waals surface area contributed by atoms with Gasteiger partial charge in [-0.25, -0.2) is 4.79 Å². The number of hydrogen-bond acceptors (Lipinski definition) is 8. The third-order valence-electron chi connectivity index (χ3n) is 8.11. The molecule has 12 heteroatoms. The van der Waals surface area contributed by atoms with Crippen LogP contribution < -0.4 is 21.3 Å². The van der Waals surface area contributed by atoms with Crippen molar-refractivity contribution in [1.29, 1.82) is 0 Å². The van der Waals surface area contributed by atoms with Gasteiger partial charge in [0.05, 0.1) is 18.2 Å². The fourth-order valence-corrected chi connectivity index (χ4v) is 5.89. The maximum Gasteiger partial charge on any atom is 0.407 e. The highest BCUT2D eigenvalue weighted by Gasteiger charge is 2.34. The van der Waals surface area contributed by atoms with E-state index in [1.54, 1.807) is 23.9 Å². The molecule has 4 amide bonds. The van der Waals surface area contributed by atoms with E-state index in [-0.39, 0.29) is 30.8 Å². The van der Waals surface area contributed by atoms with Gasteiger partial charge in [0.1, 0.15) is 18.7 Å². The topological polar surface area (TPSA) is 166 Å². The molecule has 0 aliphatic rings. The molecule has 11 nitrogen and oxygen atoms in total. The Morgan fingerprint density at radius 2 is 1.39 bits per heavy atom. The van der Waals surface area contributed by atoms with Gasteiger partial charge in [-0.2, -0.15) is 11.8 Å². The van der Waals surface area contributed by atoms with Gasteiger partial charge in [-0.15, -0.1) is 0 Å². The number of hydrogen-bond donors (Lipinski definition) is 6. The van der Waals surface area contributed by atoms with Crippen LogP contribution in [-0.2, 0) is 32.3 Å². The summed E-state index contributed by atoms with van der Waals surface area (Å²) in [7, 11) is 0. The molecule has 2 aromatic carbocycles. The summed E-state index contributed by atoms with van der Waals surface area (Å²) in [5.41, 5.74) is 1.72. The molecule has 0 saturated heterocycles. The fraction of sp³-hybridized carbons (Fsp3) is 0.568. The van der Waals surface area contributed by atoms with Crippen molar-refractivity contribution >= 4 is 35.6 Å². The third kappa shape index (κ3) is 15.7. The highest BCUT2D eigenvalue weighted by Crippen LogP contribution is 2.21. The van der Waals surface area contributed by atoms with Crippen molar-refractivity contribution in [3.63, 3.8) is 0 Å². The molecule has 6 atom stereocenters. The van der Waals surface area contributed by atoms with E-state index in [0.29, 0.717) is 19.4 Å². The minimum atomic E-state index is -1.29. The summed E-state index contributed by atoms with van der Waals surface area (Å²) in [4.78, 5) is 53.1. The van der Waals surface area contributed by atoms with Crippen LogP contribution in [0.1, 0.15) is 71.4 Å². The Kier molecular flexibility index (Phi) is 18.8. The molecule has 0 radical (unpaired) electrons. The molecule has 0 fully saturated rings. The van der Waals surface area contributed by atoms with E-state index in [1.165, 1.54) is 6.92 Å². The maximum absolute atomic E-state index is 13.7. The second-order valence-electron chi connectivity index (χ2n) is 13.2. The van der Waals surface area contributed by atoms with Crippen LogP contribution in [-0.4, -0.2) is 76.4 Å². The molecular formula is C37H56N4O7S. The quantitative estimate of drug-likeness (QED) is 0.106. The lowest BCUT2D eigenvalue weighted by Gasteiger charge is -2.31. The Hall–Kier alpha value is -3.61. The molecule has 2 aromatic rings. The Morgan fingerprint density at radius 3 is 1.94 bits per heavy atom. The molecule has 0 saturated carbocycles. The van der Waals surface area contributed by atoms with E-state index < -0.39 is 54.2 Å². The molecule has 0 aromatic heterocycles. The summed E-state index contributed by atoms with van der Waals surface area (Å²) >= 11 is 1.66. The Bertz CT molecular complexity index is 1280. The number of aliphatic hydroxyl groups excluding tert-OH is 2. The first-order valence-electron chi connectivity index (χ1n) is 17.1. The molecule has 0 spiro atoms. The third-order valence-corrected chi connectivity index (χ3v) is 8.81. The van der Waals surface area contributed by atoms with Gasteiger partial charge in [0.2, 0.25) is 17.7 Å². The molecule has 2 rings (SSSR count). The lowest BCUT2D eigenvalue weighted by molar-refractivity contribution is -0.135. The zero-order valence-electron chi connectivity index (χ0n) is 29.7. The van der Waals surface area contributed by atoms with Crippen LogP contribution in [0, 0.1) is 17.8 Å². The molecule has 272 valence electrons. The van der Waals surface area contributed by atoms with Gasteiger partial charge in [0, 0.05) is 12.5 Å². The summed E-state index contributed by atoms with van der Waals surface area (Å²) in [6.07, 6.45) is 0.201. The number of aliphatic hydroxyl groups is 2. The van der Waals surface area contributed by atoms with E-state index in [1.807, 2.05) is 82.5 Å². The van der Waals surface area contributed by atoms with Gasteiger partial charge in [-0.1, -0.05) is 88.4 Å². The number of rotatable bonds is 21. The van der Waals surface area contributed by atoms with Crippen LogP contribution >= 0.6 is 11.8 Å². The zero-order chi connectivity index (χ0) is 36.3. The maximum atomic E-state index is 13.7. The molecule has 0 aliphatic carbocycles. The Labute approximate surface area is 295 Å². The SMILES string of the molecule is CSCCC[C@H](NC(=O)[C@@H](NC(=O)[C@H](CC(C)C)C[C@@H](O)[C@@H](NC(=O)OCc1ccccc1)[C@@H](C)O)C(C)C)C(=O)NCc1ccccc1. The summed E-state index contributed by atoms with van der Waals surface area (Å²) in [6.45, 7) is 9.28. The minimum Gasteiger partial charge on any atom is -0.445 e. The minimum absolute atomic E-state index is 0.0133. The number of alkyl carbamates (subject to hydrolysis) is 1. The van der Waals surface area contributed by atoms with E-state index in [0.717, 1.165) is 23.3 Å². The van der Waals surface area contributed by atoms with Crippen molar-refractivity contribution in [3.8, 4) is 0 Å². The number of nitrogens with one attached hydrogen (secondary N) is 4. The van der Waals surface area contributed by atoms with Gasteiger partial charge >= 0.3 is 6.09 Å². The van der Waals surface area contributed by atoms with Crippen LogP contribution in [0.4, 0.5) is 4.79 Å². The molecular weight excluding hydrogens is 644 g/mol. The van der Waals surface area contributed by atoms with Crippen LogP contribution in [0.15, 0.2) is 60.7 Å². The smallest absolute Gasteiger partial charge is 0.407 e. The zero-order valence-corrected chi connectivity index (χ0v) is 30.5. The Morgan fingerprint density at radius 1 is 0.776 bits per heavy atom. The number of amides is 4. The van der Waals surface area contributed by atoms with Crippen molar-refractivity contribution in [2.45, 2.75) is 104 Å². The van der Waals surface area contributed by atoms with Crippen molar-refractivity contribution in [2.24, 2.45) is 17.8 Å². The molecule has 0 bridgehead atoms. The van der Waals surface area contributed by atoms with Crippen molar-refractivity contribution in [3.05, 3.63) is 71.8 Å². The highest BCUT2D eigenvalue weighted by molar-refractivity contribution is 7.98. The van der Waals surface area contributed by atoms with Crippen molar-refractivity contribution in [1.82, 2.24) is 21.3 Å². The predicted octanol–water partition coefficient (Wildman–Crippen LogP) is 4.16. The van der Waals surface area contributed by atoms with E-state index in [4.69, 9.17) is 4.74 Å². The summed E-state index contributed by atoms with van der Waals surface area (Å²) in [6, 6.07) is 15.8. The standard InChI is InChI=1S/C37H56N4O7S/c1-24(2)20-29(21-31(43)33(26(5)42)41-37(47)48-23-28-16-11-8-12-17-28)34(44)40-32(25(3)4)36(46)39-30(18-13-19-49-6)35(45)38-22-27-14-9-7-10-15-27/h7-12,14-17,24-26,29-33,42-43H,13,18-23H2,1-6H3,(H,38,45)(H,39,46)(H,40,44)(H,41,47)/t26-,29-,30+,31-,32+,33+/m1/s1. The van der Waals surface area contributed by atoms with Crippen LogP contribution in [0.25, 0.3) is 0 Å². The normalized spacial score (nSPS) is 15.0. The second-order valence-corrected chi connectivity index (χ2v) is 14.2. The van der Waals surface area contributed by atoms with Crippen molar-refractivity contribution < 1.29 is 34.1 Å². The summed E-state index contributed by atoms with van der Waals surface area (Å²) in [5, 5.41) is 32.8. The number of carbonyl (C=O) groups is 4. The van der Waals surface area contributed by atoms with Gasteiger partial charge in [0.25, 0.3) is 0 Å². The monoisotopic (exact) mass is 700 g/mol. The van der Waals surface area contributed by atoms with Gasteiger partial charge in [-0.05, 0) is 67.6 Å². The fourth-order valence-electron chi connectivity index (χ4n) is 5.43. The lowest BCUT2D eigenvalue weighted by Crippen LogP contribution is -2.56. The number of thioether (sulfide) groups is 1. The largest absolute Gasteiger partial charge is 0.445 e. The van der Waals surface area contributed by atoms with Gasteiger partial charge < -0.3 is 36.2 Å². The average molecular weight is 701 g/mol. The number of ether oxygens (including phenoxy) is 1. The first-order chi connectivity index (χ1) is 23.3. The molecule has 49 heavy (non-hydrogen) atoms. The van der Waals surface area contributed by atoms with E-state index in [9.17, 15) is 29.4 Å². The predicted molar refractivity (Wildman–Crippen MR) is 193 cm³/mol. The first-order valence-corrected chi connectivity index (χ1v) is 18.5. The summed E-state index contributed by atoms with van der Waals surface area (Å²) < 4.78 is 5.27. The number of carbonyl (C=O) groups excluding carboxylic acids is 4. The van der Waals surface area contributed by atoms with Gasteiger partial charge in [0.15, 0.2) is 0 Å². The molecule has 0 unspecified atom stereocenters. The van der Waals surface area contributed by atoms with Crippen LogP contribution in [0.5, 0.6) is 0 Å². The van der Waals surface area contributed by atoms with Crippen LogP contribution in [0.3, 0.4) is 0 Å². The van der Waals surface area contributed by atoms with Gasteiger partial charge in [-0.3, -0.25) is 14.4 Å². The lowest BCUT2D eigenvalue weighted by atomic mass is 9.87. The van der Waals surface area contributed by atoms with E-state index in [2.05, 4.69) is 21.3 Å². The highest BCUT2D eigenvalue weighted by atomic mass is 32.2. The Balaban J connectivity index is 2.11. The van der Waals surface area contributed by atoms with E-state index >= 15 is 0 Å². The summed E-state index contributed by atoms with van der Waals surface area (Å²) in [5.74, 6) is -1.36. The second kappa shape index (κ2) is 22.2. The van der Waals surface area contributed by atoms with Crippen LogP contribution in [0.2, 0.25) is 0 Å². The first kappa shape index (κ1) is 41.6. The molecule has 0 heterocycles. The van der Waals surface area contributed by atoms with Crippen molar-refractivity contribution in [2.75, 3.05) is 12.0 Å². The number of benzene rings is 2. The average Bonchev–Trinajstić information content (AvgIpc) is 3.07.